The van der Waals surface area contributed by atoms with E-state index in [1.165, 1.54) is 20.9 Å². The van der Waals surface area contributed by atoms with Gasteiger partial charge in [-0.05, 0) is 43.7 Å². The van der Waals surface area contributed by atoms with Crippen LogP contribution in [0.2, 0.25) is 0 Å². The second-order valence-corrected chi connectivity index (χ2v) is 4.82. The van der Waals surface area contributed by atoms with Crippen molar-refractivity contribution in [3.05, 3.63) is 27.1 Å². The molecule has 76 valence electrons. The van der Waals surface area contributed by atoms with Crippen LogP contribution in [0.5, 0.6) is 0 Å². The zero-order chi connectivity index (χ0) is 10.7. The highest BCUT2D eigenvalue weighted by atomic mass is 32.1. The van der Waals surface area contributed by atoms with Crippen LogP contribution < -0.4 is 0 Å². The topological polar surface area (TPSA) is 12.4 Å². The van der Waals surface area contributed by atoms with E-state index < -0.39 is 0 Å². The minimum Gasteiger partial charge on any atom is -0.272 e. The van der Waals surface area contributed by atoms with Crippen molar-refractivity contribution >= 4 is 24.1 Å². The largest absolute Gasteiger partial charge is 0.272 e. The molecule has 1 aromatic rings. The van der Waals surface area contributed by atoms with Crippen molar-refractivity contribution in [3.63, 3.8) is 0 Å². The fourth-order valence-corrected chi connectivity index (χ4v) is 2.69. The van der Waals surface area contributed by atoms with Crippen LogP contribution in [0.4, 0.5) is 0 Å². The minimum absolute atomic E-state index is 0.609. The normalized spacial score (nSPS) is 11.5. The summed E-state index contributed by atoms with van der Waals surface area (Å²) in [5.74, 6) is 0.609. The zero-order valence-electron chi connectivity index (χ0n) is 9.29. The van der Waals surface area contributed by atoms with Gasteiger partial charge in [0.1, 0.15) is 0 Å². The molecular formula is C12H17NS. The van der Waals surface area contributed by atoms with Gasteiger partial charge in [0.25, 0.3) is 0 Å². The molecule has 0 atom stereocenters. The summed E-state index contributed by atoms with van der Waals surface area (Å²) in [5.41, 5.74) is 2.80. The Kier molecular flexibility index (Phi) is 3.64. The molecule has 0 saturated heterocycles. The third-order valence-electron chi connectivity index (χ3n) is 2.38. The number of rotatable bonds is 3. The molecule has 0 spiro atoms. The van der Waals surface area contributed by atoms with E-state index in [2.05, 4.69) is 39.4 Å². The third kappa shape index (κ3) is 2.13. The Hall–Kier alpha value is -0.890. The fourth-order valence-electron chi connectivity index (χ4n) is 1.47. The zero-order valence-corrected chi connectivity index (χ0v) is 10.1. The van der Waals surface area contributed by atoms with Crippen LogP contribution in [0.15, 0.2) is 11.2 Å². The van der Waals surface area contributed by atoms with Gasteiger partial charge in [-0.15, -0.1) is 11.3 Å². The van der Waals surface area contributed by atoms with Crippen molar-refractivity contribution in [2.75, 3.05) is 0 Å². The van der Waals surface area contributed by atoms with E-state index in [0.29, 0.717) is 5.92 Å². The highest BCUT2D eigenvalue weighted by Gasteiger charge is 2.11. The Bertz CT molecular complexity index is 359. The molecule has 0 unspecified atom stereocenters. The average molecular weight is 207 g/mol. The predicted octanol–water partition coefficient (Wildman–Crippen LogP) is 4.16. The van der Waals surface area contributed by atoms with Crippen LogP contribution >= 0.6 is 11.3 Å². The van der Waals surface area contributed by atoms with Crippen LogP contribution in [0, 0.1) is 13.8 Å². The molecule has 0 bridgehead atoms. The molecule has 1 aromatic heterocycles. The first-order chi connectivity index (χ1) is 6.57. The van der Waals surface area contributed by atoms with Gasteiger partial charge in [-0.3, -0.25) is 4.99 Å². The first-order valence-corrected chi connectivity index (χ1v) is 5.61. The standard InChI is InChI=1S/C12H17NS/c1-8(2)12-10(4)9(3)11(14-12)6-7-13-5/h6-8H,5H2,1-4H3/b7-6-. The second-order valence-electron chi connectivity index (χ2n) is 3.73. The SMILES string of the molecule is C=N/C=C\c1sc(C(C)C)c(C)c1C. The summed E-state index contributed by atoms with van der Waals surface area (Å²) in [6, 6.07) is 0. The lowest BCUT2D eigenvalue weighted by atomic mass is 10.1. The van der Waals surface area contributed by atoms with E-state index in [-0.39, 0.29) is 0 Å². The highest BCUT2D eigenvalue weighted by Crippen LogP contribution is 2.33. The Balaban J connectivity index is 3.14. The Morgan fingerprint density at radius 2 is 1.93 bits per heavy atom. The lowest BCUT2D eigenvalue weighted by molar-refractivity contribution is 0.879. The van der Waals surface area contributed by atoms with Crippen LogP contribution in [-0.2, 0) is 0 Å². The summed E-state index contributed by atoms with van der Waals surface area (Å²) >= 11 is 1.86. The van der Waals surface area contributed by atoms with E-state index in [4.69, 9.17) is 0 Å². The number of nitrogens with zero attached hydrogens (tertiary/aromatic N) is 1. The van der Waals surface area contributed by atoms with Gasteiger partial charge < -0.3 is 0 Å². The van der Waals surface area contributed by atoms with Gasteiger partial charge in [-0.2, -0.15) is 0 Å². The van der Waals surface area contributed by atoms with E-state index >= 15 is 0 Å². The quantitative estimate of drug-likeness (QED) is 0.660. The molecule has 1 rings (SSSR count). The number of hydrogen-bond donors (Lipinski definition) is 0. The Labute approximate surface area is 90.2 Å². The second kappa shape index (κ2) is 4.56. The summed E-state index contributed by atoms with van der Waals surface area (Å²) in [4.78, 5) is 6.51. The number of thiophene rings is 1. The summed E-state index contributed by atoms with van der Waals surface area (Å²) in [6.07, 6.45) is 3.79. The number of aliphatic imine (C=N–C) groups is 1. The van der Waals surface area contributed by atoms with E-state index in [1.807, 2.05) is 17.4 Å². The predicted molar refractivity (Wildman–Crippen MR) is 66.5 cm³/mol. The molecule has 0 radical (unpaired) electrons. The van der Waals surface area contributed by atoms with Crippen molar-refractivity contribution in [2.45, 2.75) is 33.6 Å². The first kappa shape index (κ1) is 11.2. The van der Waals surface area contributed by atoms with Crippen molar-refractivity contribution < 1.29 is 0 Å². The molecule has 2 heteroatoms. The Morgan fingerprint density at radius 1 is 1.29 bits per heavy atom. The smallest absolute Gasteiger partial charge is 0.0320 e. The van der Waals surface area contributed by atoms with Crippen LogP contribution in [0.1, 0.15) is 40.6 Å². The molecular weight excluding hydrogens is 190 g/mol. The van der Waals surface area contributed by atoms with Gasteiger partial charge in [-0.1, -0.05) is 13.8 Å². The van der Waals surface area contributed by atoms with Gasteiger partial charge in [0.15, 0.2) is 0 Å². The molecule has 14 heavy (non-hydrogen) atoms. The molecule has 0 aliphatic carbocycles. The molecule has 0 aromatic carbocycles. The maximum absolute atomic E-state index is 3.73. The van der Waals surface area contributed by atoms with E-state index in [1.54, 1.807) is 6.20 Å². The molecule has 0 saturated carbocycles. The van der Waals surface area contributed by atoms with Gasteiger partial charge in [0, 0.05) is 16.0 Å². The van der Waals surface area contributed by atoms with Crippen molar-refractivity contribution in [3.8, 4) is 0 Å². The molecule has 0 amide bonds. The monoisotopic (exact) mass is 207 g/mol. The van der Waals surface area contributed by atoms with Crippen LogP contribution in [0.3, 0.4) is 0 Å². The maximum Gasteiger partial charge on any atom is 0.0320 e. The molecule has 1 heterocycles. The molecule has 0 fully saturated rings. The van der Waals surface area contributed by atoms with Gasteiger partial charge >= 0.3 is 0 Å². The van der Waals surface area contributed by atoms with Crippen LogP contribution in [0.25, 0.3) is 6.08 Å². The van der Waals surface area contributed by atoms with Gasteiger partial charge in [0.2, 0.25) is 0 Å². The molecule has 0 aliphatic rings. The van der Waals surface area contributed by atoms with Crippen molar-refractivity contribution in [2.24, 2.45) is 4.99 Å². The summed E-state index contributed by atoms with van der Waals surface area (Å²) < 4.78 is 0. The summed E-state index contributed by atoms with van der Waals surface area (Å²) in [7, 11) is 0. The lowest BCUT2D eigenvalue weighted by Gasteiger charge is -2.01. The van der Waals surface area contributed by atoms with Gasteiger partial charge in [0.05, 0.1) is 0 Å². The maximum atomic E-state index is 3.73. The average Bonchev–Trinajstić information content (AvgIpc) is 2.42. The lowest BCUT2D eigenvalue weighted by Crippen LogP contribution is -1.85. The van der Waals surface area contributed by atoms with Crippen LogP contribution in [-0.4, -0.2) is 6.72 Å². The minimum atomic E-state index is 0.609. The van der Waals surface area contributed by atoms with Gasteiger partial charge in [-0.25, -0.2) is 0 Å². The summed E-state index contributed by atoms with van der Waals surface area (Å²) in [6.45, 7) is 12.3. The fraction of sp³-hybridized carbons (Fsp3) is 0.417. The van der Waals surface area contributed by atoms with Crippen molar-refractivity contribution in [1.29, 1.82) is 0 Å². The van der Waals surface area contributed by atoms with E-state index in [0.717, 1.165) is 0 Å². The summed E-state index contributed by atoms with van der Waals surface area (Å²) in [5, 5.41) is 0. The highest BCUT2D eigenvalue weighted by molar-refractivity contribution is 7.13. The third-order valence-corrected chi connectivity index (χ3v) is 4.04. The van der Waals surface area contributed by atoms with E-state index in [9.17, 15) is 0 Å². The molecule has 1 nitrogen and oxygen atoms in total. The first-order valence-electron chi connectivity index (χ1n) is 4.80. The molecule has 0 aliphatic heterocycles. The molecule has 0 N–H and O–H groups in total. The Morgan fingerprint density at radius 3 is 2.36 bits per heavy atom. The number of hydrogen-bond acceptors (Lipinski definition) is 2. The van der Waals surface area contributed by atoms with Crippen molar-refractivity contribution in [1.82, 2.24) is 0 Å².